The lowest BCUT2D eigenvalue weighted by atomic mass is 10.0. The van der Waals surface area contributed by atoms with E-state index < -0.39 is 6.10 Å². The van der Waals surface area contributed by atoms with Crippen LogP contribution in [-0.2, 0) is 4.74 Å². The Morgan fingerprint density at radius 1 is 1.60 bits per heavy atom. The Balaban J connectivity index is 2.56. The summed E-state index contributed by atoms with van der Waals surface area (Å²) in [7, 11) is 1.59. The average Bonchev–Trinajstić information content (AvgIpc) is 1.95. The summed E-state index contributed by atoms with van der Waals surface area (Å²) >= 11 is 0. The van der Waals surface area contributed by atoms with Crippen LogP contribution in [0.2, 0.25) is 0 Å². The van der Waals surface area contributed by atoms with E-state index in [1.165, 1.54) is 0 Å². The Labute approximate surface area is 59.9 Å². The van der Waals surface area contributed by atoms with Crippen LogP contribution in [0, 0.1) is 0 Å². The second-order valence-electron chi connectivity index (χ2n) is 2.46. The van der Waals surface area contributed by atoms with E-state index >= 15 is 0 Å². The van der Waals surface area contributed by atoms with Gasteiger partial charge in [-0.25, -0.2) is 0 Å². The molecule has 0 saturated carbocycles. The summed E-state index contributed by atoms with van der Waals surface area (Å²) in [6.45, 7) is 0. The Morgan fingerprint density at radius 2 is 2.30 bits per heavy atom. The average molecular weight is 144 g/mol. The van der Waals surface area contributed by atoms with Crippen LogP contribution in [0.15, 0.2) is 11.8 Å². The van der Waals surface area contributed by atoms with Gasteiger partial charge in [0.05, 0.1) is 6.10 Å². The van der Waals surface area contributed by atoms with Crippen molar-refractivity contribution in [1.82, 2.24) is 0 Å². The van der Waals surface area contributed by atoms with Gasteiger partial charge in [0.1, 0.15) is 11.9 Å². The molecule has 3 nitrogen and oxygen atoms in total. The van der Waals surface area contributed by atoms with Gasteiger partial charge in [-0.1, -0.05) is 0 Å². The summed E-state index contributed by atoms with van der Waals surface area (Å²) in [4.78, 5) is 0. The number of ether oxygens (including phenoxy) is 1. The monoisotopic (exact) mass is 144 g/mol. The smallest absolute Gasteiger partial charge is 0.119 e. The molecule has 2 unspecified atom stereocenters. The number of aliphatic hydroxyl groups is 2. The molecule has 0 heterocycles. The molecule has 0 aromatic carbocycles. The molecule has 0 aliphatic heterocycles. The van der Waals surface area contributed by atoms with Crippen LogP contribution >= 0.6 is 0 Å². The van der Waals surface area contributed by atoms with Crippen LogP contribution in [0.4, 0.5) is 0 Å². The quantitative estimate of drug-likeness (QED) is 0.566. The predicted octanol–water partition coefficient (Wildman–Crippen LogP) is 0.598. The minimum absolute atomic E-state index is 0.0246. The van der Waals surface area contributed by atoms with E-state index in [-0.39, 0.29) is 11.9 Å². The first-order valence-electron chi connectivity index (χ1n) is 3.35. The molecule has 10 heavy (non-hydrogen) atoms. The fourth-order valence-corrected chi connectivity index (χ4v) is 1.04. The molecule has 2 N–H and O–H groups in total. The molecule has 1 aliphatic carbocycles. The van der Waals surface area contributed by atoms with Gasteiger partial charge in [0, 0.05) is 7.11 Å². The second-order valence-corrected chi connectivity index (χ2v) is 2.46. The van der Waals surface area contributed by atoms with E-state index in [2.05, 4.69) is 0 Å². The van der Waals surface area contributed by atoms with Crippen molar-refractivity contribution in [3.63, 3.8) is 0 Å². The molecule has 0 radical (unpaired) electrons. The highest BCUT2D eigenvalue weighted by molar-refractivity contribution is 5.06. The van der Waals surface area contributed by atoms with Crippen LogP contribution in [0.25, 0.3) is 0 Å². The van der Waals surface area contributed by atoms with E-state index in [0.717, 1.165) is 6.42 Å². The summed E-state index contributed by atoms with van der Waals surface area (Å²) in [5, 5.41) is 18.0. The topological polar surface area (TPSA) is 49.7 Å². The largest absolute Gasteiger partial charge is 0.510 e. The maximum atomic E-state index is 9.02. The molecule has 0 spiro atoms. The number of methoxy groups -OCH3 is 1. The summed E-state index contributed by atoms with van der Waals surface area (Å²) in [5.41, 5.74) is 0. The second kappa shape index (κ2) is 3.03. The number of rotatable bonds is 1. The van der Waals surface area contributed by atoms with Crippen molar-refractivity contribution in [2.45, 2.75) is 25.0 Å². The Morgan fingerprint density at radius 3 is 2.80 bits per heavy atom. The SMILES string of the molecule is COC1C=C(O)C(O)CC1. The van der Waals surface area contributed by atoms with E-state index in [0.29, 0.717) is 6.42 Å². The third-order valence-corrected chi connectivity index (χ3v) is 1.73. The minimum atomic E-state index is -0.675. The van der Waals surface area contributed by atoms with Crippen LogP contribution in [-0.4, -0.2) is 29.5 Å². The fourth-order valence-electron chi connectivity index (χ4n) is 1.04. The first kappa shape index (κ1) is 7.57. The summed E-state index contributed by atoms with van der Waals surface area (Å²) in [6.07, 6.45) is 2.21. The zero-order valence-corrected chi connectivity index (χ0v) is 5.95. The Bertz CT molecular complexity index is 142. The van der Waals surface area contributed by atoms with Gasteiger partial charge in [-0.15, -0.1) is 0 Å². The highest BCUT2D eigenvalue weighted by Crippen LogP contribution is 2.17. The molecule has 0 bridgehead atoms. The van der Waals surface area contributed by atoms with Gasteiger partial charge in [-0.3, -0.25) is 0 Å². The standard InChI is InChI=1S/C7H12O3/c1-10-5-2-3-6(8)7(9)4-5/h4-6,8-9H,2-3H2,1H3. The highest BCUT2D eigenvalue weighted by atomic mass is 16.5. The number of aliphatic hydroxyl groups excluding tert-OH is 2. The van der Waals surface area contributed by atoms with Crippen molar-refractivity contribution in [2.75, 3.05) is 7.11 Å². The highest BCUT2D eigenvalue weighted by Gasteiger charge is 2.19. The maximum absolute atomic E-state index is 9.02. The van der Waals surface area contributed by atoms with Crippen LogP contribution in [0.5, 0.6) is 0 Å². The van der Waals surface area contributed by atoms with Gasteiger partial charge in [-0.05, 0) is 18.9 Å². The molecular formula is C7H12O3. The lowest BCUT2D eigenvalue weighted by Crippen LogP contribution is -2.22. The van der Waals surface area contributed by atoms with Gasteiger partial charge < -0.3 is 14.9 Å². The molecule has 3 heteroatoms. The number of hydrogen-bond donors (Lipinski definition) is 2. The molecule has 0 amide bonds. The van der Waals surface area contributed by atoms with Gasteiger partial charge >= 0.3 is 0 Å². The molecule has 0 aromatic rings. The summed E-state index contributed by atoms with van der Waals surface area (Å²) in [6, 6.07) is 0. The lowest BCUT2D eigenvalue weighted by molar-refractivity contribution is 0.0724. The molecule has 2 atom stereocenters. The van der Waals surface area contributed by atoms with Crippen molar-refractivity contribution < 1.29 is 14.9 Å². The third-order valence-electron chi connectivity index (χ3n) is 1.73. The molecule has 58 valence electrons. The van der Waals surface area contributed by atoms with E-state index in [1.807, 2.05) is 0 Å². The molecule has 0 aromatic heterocycles. The molecule has 0 fully saturated rings. The zero-order chi connectivity index (χ0) is 7.56. The minimum Gasteiger partial charge on any atom is -0.510 e. The predicted molar refractivity (Wildman–Crippen MR) is 36.7 cm³/mol. The van der Waals surface area contributed by atoms with Crippen molar-refractivity contribution >= 4 is 0 Å². The lowest BCUT2D eigenvalue weighted by Gasteiger charge is -2.20. The van der Waals surface area contributed by atoms with E-state index in [9.17, 15) is 0 Å². The van der Waals surface area contributed by atoms with Crippen LogP contribution in [0.3, 0.4) is 0 Å². The zero-order valence-electron chi connectivity index (χ0n) is 5.95. The fraction of sp³-hybridized carbons (Fsp3) is 0.714. The Kier molecular flexibility index (Phi) is 2.29. The van der Waals surface area contributed by atoms with E-state index in [1.54, 1.807) is 13.2 Å². The van der Waals surface area contributed by atoms with Crippen LogP contribution in [0.1, 0.15) is 12.8 Å². The molecule has 1 aliphatic rings. The first-order valence-corrected chi connectivity index (χ1v) is 3.35. The maximum Gasteiger partial charge on any atom is 0.119 e. The third kappa shape index (κ3) is 1.49. The normalized spacial score (nSPS) is 33.6. The molecule has 0 saturated heterocycles. The summed E-state index contributed by atoms with van der Waals surface area (Å²) in [5.74, 6) is 0.0399. The molecule has 1 rings (SSSR count). The first-order chi connectivity index (χ1) is 4.74. The Hall–Kier alpha value is -0.540. The van der Waals surface area contributed by atoms with Crippen molar-refractivity contribution in [3.05, 3.63) is 11.8 Å². The van der Waals surface area contributed by atoms with Crippen molar-refractivity contribution in [2.24, 2.45) is 0 Å². The van der Waals surface area contributed by atoms with Crippen LogP contribution < -0.4 is 0 Å². The van der Waals surface area contributed by atoms with Gasteiger partial charge in [0.2, 0.25) is 0 Å². The van der Waals surface area contributed by atoms with Gasteiger partial charge in [-0.2, -0.15) is 0 Å². The van der Waals surface area contributed by atoms with Gasteiger partial charge in [0.15, 0.2) is 0 Å². The van der Waals surface area contributed by atoms with Gasteiger partial charge in [0.25, 0.3) is 0 Å². The van der Waals surface area contributed by atoms with Crippen molar-refractivity contribution in [1.29, 1.82) is 0 Å². The number of hydrogen-bond acceptors (Lipinski definition) is 3. The van der Waals surface area contributed by atoms with E-state index in [4.69, 9.17) is 14.9 Å². The molecular weight excluding hydrogens is 132 g/mol. The summed E-state index contributed by atoms with van der Waals surface area (Å²) < 4.78 is 4.96. The van der Waals surface area contributed by atoms with Crippen molar-refractivity contribution in [3.8, 4) is 0 Å².